The molecule has 1 heterocycles. The summed E-state index contributed by atoms with van der Waals surface area (Å²) in [4.78, 5) is 19.1. The molecular weight excluding hydrogens is 354 g/mol. The van der Waals surface area contributed by atoms with Crippen LogP contribution in [0.1, 0.15) is 33.6 Å². The van der Waals surface area contributed by atoms with E-state index in [-0.39, 0.29) is 0 Å². The molecule has 7 nitrogen and oxygen atoms in total. The lowest BCUT2D eigenvalue weighted by molar-refractivity contribution is 0.0636. The molecule has 0 saturated carbocycles. The first-order valence-corrected chi connectivity index (χ1v) is 10.0. The smallest absolute Gasteiger partial charge is 0.412 e. The van der Waals surface area contributed by atoms with Crippen LogP contribution in [0.5, 0.6) is 0 Å². The lowest BCUT2D eigenvalue weighted by Crippen LogP contribution is -2.45. The molecule has 1 aromatic carbocycles. The van der Waals surface area contributed by atoms with Crippen molar-refractivity contribution in [2.75, 3.05) is 63.3 Å². The van der Waals surface area contributed by atoms with Gasteiger partial charge in [-0.05, 0) is 73.0 Å². The zero-order valence-electron chi connectivity index (χ0n) is 18.3. The van der Waals surface area contributed by atoms with E-state index in [4.69, 9.17) is 10.5 Å². The first-order valence-electron chi connectivity index (χ1n) is 10.0. The summed E-state index contributed by atoms with van der Waals surface area (Å²) in [6, 6.07) is 6.42. The summed E-state index contributed by atoms with van der Waals surface area (Å²) >= 11 is 0. The Morgan fingerprint density at radius 1 is 1.21 bits per heavy atom. The van der Waals surface area contributed by atoms with Crippen molar-refractivity contribution in [3.05, 3.63) is 18.2 Å². The van der Waals surface area contributed by atoms with Crippen LogP contribution in [0.15, 0.2) is 18.2 Å². The minimum atomic E-state index is -0.545. The molecule has 0 aliphatic carbocycles. The second kappa shape index (κ2) is 9.47. The second-order valence-corrected chi connectivity index (χ2v) is 8.90. The number of piperidine rings is 1. The van der Waals surface area contributed by atoms with E-state index < -0.39 is 11.7 Å². The molecule has 1 saturated heterocycles. The summed E-state index contributed by atoms with van der Waals surface area (Å²) < 4.78 is 5.33. The largest absolute Gasteiger partial charge is 0.444 e. The summed E-state index contributed by atoms with van der Waals surface area (Å²) in [6.07, 6.45) is 1.77. The summed E-state index contributed by atoms with van der Waals surface area (Å²) in [5, 5.41) is 2.77. The molecule has 7 heteroatoms. The van der Waals surface area contributed by atoms with Crippen molar-refractivity contribution in [1.29, 1.82) is 0 Å². The number of nitrogens with zero attached hydrogens (tertiary/aromatic N) is 3. The molecule has 0 radical (unpaired) electrons. The quantitative estimate of drug-likeness (QED) is 0.726. The zero-order valence-corrected chi connectivity index (χ0v) is 18.3. The fourth-order valence-electron chi connectivity index (χ4n) is 3.37. The van der Waals surface area contributed by atoms with E-state index in [0.29, 0.717) is 17.4 Å². The number of nitrogen functional groups attached to an aromatic ring is 1. The van der Waals surface area contributed by atoms with Gasteiger partial charge in [0.25, 0.3) is 0 Å². The Morgan fingerprint density at radius 2 is 1.86 bits per heavy atom. The van der Waals surface area contributed by atoms with Crippen molar-refractivity contribution in [1.82, 2.24) is 9.80 Å². The van der Waals surface area contributed by atoms with Crippen molar-refractivity contribution >= 4 is 23.2 Å². The number of hydrogen-bond donors (Lipinski definition) is 2. The predicted octanol–water partition coefficient (Wildman–Crippen LogP) is 3.08. The molecule has 1 aliphatic rings. The Morgan fingerprint density at radius 3 is 2.43 bits per heavy atom. The van der Waals surface area contributed by atoms with Crippen LogP contribution in [0.3, 0.4) is 0 Å². The van der Waals surface area contributed by atoms with Gasteiger partial charge in [-0.15, -0.1) is 0 Å². The maximum absolute atomic E-state index is 12.1. The Hall–Kier alpha value is -1.99. The SMILES string of the molecule is CN(C)CCN(C)C1CCN(c2ccc(N)c(NC(=O)OC(C)(C)C)c2)CC1. The summed E-state index contributed by atoms with van der Waals surface area (Å²) in [5.41, 5.74) is 7.71. The third kappa shape index (κ3) is 6.87. The van der Waals surface area contributed by atoms with Crippen molar-refractivity contribution in [3.63, 3.8) is 0 Å². The molecule has 28 heavy (non-hydrogen) atoms. The molecule has 0 unspecified atom stereocenters. The van der Waals surface area contributed by atoms with Gasteiger partial charge < -0.3 is 25.2 Å². The van der Waals surface area contributed by atoms with Gasteiger partial charge in [-0.3, -0.25) is 5.32 Å². The minimum absolute atomic E-state index is 0.488. The van der Waals surface area contributed by atoms with Crippen molar-refractivity contribution < 1.29 is 9.53 Å². The molecule has 1 fully saturated rings. The van der Waals surface area contributed by atoms with E-state index in [1.807, 2.05) is 39.0 Å². The lowest BCUT2D eigenvalue weighted by Gasteiger charge is -2.38. The maximum Gasteiger partial charge on any atom is 0.412 e. The van der Waals surface area contributed by atoms with Crippen LogP contribution in [0.2, 0.25) is 0 Å². The van der Waals surface area contributed by atoms with E-state index in [1.54, 1.807) is 0 Å². The summed E-state index contributed by atoms with van der Waals surface area (Å²) in [6.45, 7) is 9.67. The molecule has 0 aromatic heterocycles. The van der Waals surface area contributed by atoms with Crippen LogP contribution < -0.4 is 16.0 Å². The highest BCUT2D eigenvalue weighted by Gasteiger charge is 2.23. The summed E-state index contributed by atoms with van der Waals surface area (Å²) in [7, 11) is 6.44. The predicted molar refractivity (Wildman–Crippen MR) is 117 cm³/mol. The standard InChI is InChI=1S/C21H37N5O2/c1-21(2,3)28-20(27)23-19-15-17(7-8-18(19)22)26-11-9-16(10-12-26)25(6)14-13-24(4)5/h7-8,15-16H,9-14,22H2,1-6H3,(H,23,27). The summed E-state index contributed by atoms with van der Waals surface area (Å²) in [5.74, 6) is 0. The van der Waals surface area contributed by atoms with E-state index in [9.17, 15) is 4.79 Å². The molecule has 1 amide bonds. The van der Waals surface area contributed by atoms with Gasteiger partial charge in [0, 0.05) is 37.9 Å². The highest BCUT2D eigenvalue weighted by atomic mass is 16.6. The van der Waals surface area contributed by atoms with Crippen molar-refractivity contribution in [2.24, 2.45) is 0 Å². The number of anilines is 3. The Kier molecular flexibility index (Phi) is 7.55. The molecule has 158 valence electrons. The van der Waals surface area contributed by atoms with Gasteiger partial charge in [0.15, 0.2) is 0 Å². The number of nitrogens with two attached hydrogens (primary N) is 1. The number of carbonyl (C=O) groups is 1. The van der Waals surface area contributed by atoms with Gasteiger partial charge in [-0.2, -0.15) is 0 Å². The zero-order chi connectivity index (χ0) is 20.9. The highest BCUT2D eigenvalue weighted by Crippen LogP contribution is 2.29. The molecule has 0 atom stereocenters. The van der Waals surface area contributed by atoms with Crippen LogP contribution >= 0.6 is 0 Å². The number of amides is 1. The molecule has 1 aromatic rings. The lowest BCUT2D eigenvalue weighted by atomic mass is 10.0. The van der Waals surface area contributed by atoms with Crippen molar-refractivity contribution in [2.45, 2.75) is 45.3 Å². The maximum atomic E-state index is 12.1. The van der Waals surface area contributed by atoms with Gasteiger partial charge >= 0.3 is 6.09 Å². The van der Waals surface area contributed by atoms with E-state index in [2.05, 4.69) is 41.2 Å². The number of rotatable bonds is 6. The second-order valence-electron chi connectivity index (χ2n) is 8.90. The number of hydrogen-bond acceptors (Lipinski definition) is 6. The number of carbonyl (C=O) groups excluding carboxylic acids is 1. The third-order valence-electron chi connectivity index (χ3n) is 5.03. The molecule has 0 bridgehead atoms. The monoisotopic (exact) mass is 391 g/mol. The van der Waals surface area contributed by atoms with Crippen LogP contribution in [-0.2, 0) is 4.74 Å². The first-order chi connectivity index (χ1) is 13.0. The minimum Gasteiger partial charge on any atom is -0.444 e. The number of ether oxygens (including phenoxy) is 1. The third-order valence-corrected chi connectivity index (χ3v) is 5.03. The fraction of sp³-hybridized carbons (Fsp3) is 0.667. The Balaban J connectivity index is 1.95. The molecule has 2 rings (SSSR count). The molecule has 1 aliphatic heterocycles. The van der Waals surface area contributed by atoms with Crippen LogP contribution in [0, 0.1) is 0 Å². The van der Waals surface area contributed by atoms with Gasteiger partial charge in [0.05, 0.1) is 11.4 Å². The fourth-order valence-corrected chi connectivity index (χ4v) is 3.37. The molecule has 3 N–H and O–H groups in total. The molecule has 0 spiro atoms. The van der Waals surface area contributed by atoms with E-state index in [0.717, 1.165) is 44.7 Å². The number of likely N-dealkylation sites (N-methyl/N-ethyl adjacent to an activating group) is 2. The van der Waals surface area contributed by atoms with Crippen LogP contribution in [0.25, 0.3) is 0 Å². The highest BCUT2D eigenvalue weighted by molar-refractivity contribution is 5.90. The average Bonchev–Trinajstić information content (AvgIpc) is 2.60. The normalized spacial score (nSPS) is 15.9. The number of nitrogens with one attached hydrogen (secondary N) is 1. The van der Waals surface area contributed by atoms with Gasteiger partial charge in [0.2, 0.25) is 0 Å². The van der Waals surface area contributed by atoms with Gasteiger partial charge in [-0.1, -0.05) is 0 Å². The van der Waals surface area contributed by atoms with E-state index in [1.165, 1.54) is 0 Å². The average molecular weight is 392 g/mol. The van der Waals surface area contributed by atoms with Crippen LogP contribution in [0.4, 0.5) is 21.9 Å². The first kappa shape index (κ1) is 22.3. The van der Waals surface area contributed by atoms with Crippen LogP contribution in [-0.4, -0.2) is 74.9 Å². The molecular formula is C21H37N5O2. The Labute approximate surface area is 169 Å². The van der Waals surface area contributed by atoms with E-state index >= 15 is 0 Å². The number of benzene rings is 1. The van der Waals surface area contributed by atoms with Crippen molar-refractivity contribution in [3.8, 4) is 0 Å². The van der Waals surface area contributed by atoms with Gasteiger partial charge in [0.1, 0.15) is 5.60 Å². The van der Waals surface area contributed by atoms with Gasteiger partial charge in [-0.25, -0.2) is 4.79 Å². The topological polar surface area (TPSA) is 74.1 Å². The Bertz CT molecular complexity index is 649.